The van der Waals surface area contributed by atoms with E-state index in [0.717, 1.165) is 15.2 Å². The third-order valence-corrected chi connectivity index (χ3v) is 4.57. The molecule has 1 amide bonds. The molecule has 0 spiro atoms. The van der Waals surface area contributed by atoms with Gasteiger partial charge in [-0.1, -0.05) is 23.4 Å². The van der Waals surface area contributed by atoms with E-state index in [-0.39, 0.29) is 19.1 Å². The van der Waals surface area contributed by atoms with Gasteiger partial charge in [0.25, 0.3) is 5.91 Å². The van der Waals surface area contributed by atoms with Crippen LogP contribution in [0.25, 0.3) is 11.0 Å². The number of nitrogens with one attached hydrogen (secondary N) is 2. The zero-order valence-corrected chi connectivity index (χ0v) is 13.6. The van der Waals surface area contributed by atoms with Gasteiger partial charge < -0.3 is 15.4 Å². The number of fused-ring (bicyclic) bond motifs is 1. The van der Waals surface area contributed by atoms with E-state index in [2.05, 4.69) is 15.3 Å². The first-order valence-electron chi connectivity index (χ1n) is 6.98. The van der Waals surface area contributed by atoms with E-state index >= 15 is 0 Å². The molecule has 0 aliphatic heterocycles. The summed E-state index contributed by atoms with van der Waals surface area (Å²) in [7, 11) is 0. The SMILES string of the molecule is O=C(NCCO)c1[nH]c2ncccc2c1Sc1ccc(Cl)cc1. The van der Waals surface area contributed by atoms with Crippen molar-refractivity contribution in [2.24, 2.45) is 0 Å². The standard InChI is InChI=1S/C16H14ClN3O2S/c17-10-3-5-11(6-4-10)23-14-12-2-1-7-18-15(12)20-13(14)16(22)19-8-9-21/h1-7,21H,8-9H2,(H,18,20)(H,19,22). The Bertz CT molecular complexity index is 833. The number of halogens is 1. The van der Waals surface area contributed by atoms with Crippen molar-refractivity contribution in [1.29, 1.82) is 0 Å². The second-order valence-corrected chi connectivity index (χ2v) is 6.28. The van der Waals surface area contributed by atoms with Crippen LogP contribution in [-0.2, 0) is 0 Å². The molecule has 0 aliphatic carbocycles. The lowest BCUT2D eigenvalue weighted by Gasteiger charge is -2.05. The topological polar surface area (TPSA) is 78.0 Å². The molecule has 0 unspecified atom stereocenters. The van der Waals surface area contributed by atoms with Gasteiger partial charge in [0.05, 0.1) is 11.5 Å². The molecule has 118 valence electrons. The van der Waals surface area contributed by atoms with Gasteiger partial charge in [-0.15, -0.1) is 0 Å². The first kappa shape index (κ1) is 15.9. The summed E-state index contributed by atoms with van der Waals surface area (Å²) in [5.74, 6) is -0.270. The second kappa shape index (κ2) is 7.04. The van der Waals surface area contributed by atoms with E-state index in [1.807, 2.05) is 36.4 Å². The van der Waals surface area contributed by atoms with Crippen molar-refractivity contribution in [2.45, 2.75) is 9.79 Å². The van der Waals surface area contributed by atoms with Crippen molar-refractivity contribution in [3.63, 3.8) is 0 Å². The van der Waals surface area contributed by atoms with Gasteiger partial charge in [-0.3, -0.25) is 4.79 Å². The first-order valence-corrected chi connectivity index (χ1v) is 8.17. The van der Waals surface area contributed by atoms with Crippen LogP contribution in [0.3, 0.4) is 0 Å². The average Bonchev–Trinajstić information content (AvgIpc) is 2.93. The molecule has 0 saturated heterocycles. The number of aliphatic hydroxyl groups excluding tert-OH is 1. The minimum atomic E-state index is -0.270. The molecular weight excluding hydrogens is 334 g/mol. The summed E-state index contributed by atoms with van der Waals surface area (Å²) < 4.78 is 0. The summed E-state index contributed by atoms with van der Waals surface area (Å²) in [5.41, 5.74) is 1.09. The van der Waals surface area contributed by atoms with Crippen LogP contribution in [0.15, 0.2) is 52.4 Å². The van der Waals surface area contributed by atoms with Crippen LogP contribution < -0.4 is 5.32 Å². The van der Waals surface area contributed by atoms with Gasteiger partial charge in [0, 0.05) is 28.0 Å². The molecule has 3 aromatic rings. The monoisotopic (exact) mass is 347 g/mol. The van der Waals surface area contributed by atoms with Gasteiger partial charge in [0.15, 0.2) is 0 Å². The molecular formula is C16H14ClN3O2S. The highest BCUT2D eigenvalue weighted by Gasteiger charge is 2.19. The molecule has 5 nitrogen and oxygen atoms in total. The third kappa shape index (κ3) is 3.50. The summed E-state index contributed by atoms with van der Waals surface area (Å²) in [6.45, 7) is 0.0938. The van der Waals surface area contributed by atoms with Crippen LogP contribution in [0.1, 0.15) is 10.5 Å². The lowest BCUT2D eigenvalue weighted by molar-refractivity contribution is 0.0937. The largest absolute Gasteiger partial charge is 0.395 e. The summed E-state index contributed by atoms with van der Waals surface area (Å²) in [6.07, 6.45) is 1.67. The highest BCUT2D eigenvalue weighted by molar-refractivity contribution is 7.99. The molecule has 0 fully saturated rings. The van der Waals surface area contributed by atoms with Gasteiger partial charge in [-0.05, 0) is 36.4 Å². The summed E-state index contributed by atoms with van der Waals surface area (Å²) in [5, 5.41) is 13.1. The number of hydrogen-bond donors (Lipinski definition) is 3. The fourth-order valence-electron chi connectivity index (χ4n) is 2.14. The number of nitrogens with zero attached hydrogens (tertiary/aromatic N) is 1. The fraction of sp³-hybridized carbons (Fsp3) is 0.125. The highest BCUT2D eigenvalue weighted by Crippen LogP contribution is 2.36. The number of H-pyrrole nitrogens is 1. The Labute approximate surface area is 142 Å². The zero-order valence-electron chi connectivity index (χ0n) is 12.0. The number of pyridine rings is 1. The minimum absolute atomic E-state index is 0.107. The summed E-state index contributed by atoms with van der Waals surface area (Å²) >= 11 is 7.38. The van der Waals surface area contributed by atoms with Crippen LogP contribution in [0.4, 0.5) is 0 Å². The average molecular weight is 348 g/mol. The van der Waals surface area contributed by atoms with Crippen molar-refractivity contribution in [2.75, 3.05) is 13.2 Å². The van der Waals surface area contributed by atoms with Crippen LogP contribution >= 0.6 is 23.4 Å². The molecule has 7 heteroatoms. The number of carbonyl (C=O) groups is 1. The van der Waals surface area contributed by atoms with E-state index in [1.54, 1.807) is 6.20 Å². The minimum Gasteiger partial charge on any atom is -0.395 e. The highest BCUT2D eigenvalue weighted by atomic mass is 35.5. The van der Waals surface area contributed by atoms with E-state index in [9.17, 15) is 4.79 Å². The molecule has 0 saturated carbocycles. The number of rotatable bonds is 5. The normalized spacial score (nSPS) is 10.9. The quantitative estimate of drug-likeness (QED) is 0.662. The number of hydrogen-bond acceptors (Lipinski definition) is 4. The number of aromatic amines is 1. The van der Waals surface area contributed by atoms with Gasteiger partial charge in [-0.25, -0.2) is 4.98 Å². The van der Waals surface area contributed by atoms with Crippen molar-refractivity contribution < 1.29 is 9.90 Å². The molecule has 3 N–H and O–H groups in total. The smallest absolute Gasteiger partial charge is 0.269 e. The Kier molecular flexibility index (Phi) is 4.85. The molecule has 2 aromatic heterocycles. The van der Waals surface area contributed by atoms with Crippen LogP contribution in [0.2, 0.25) is 5.02 Å². The molecule has 1 aromatic carbocycles. The number of carbonyl (C=O) groups excluding carboxylic acids is 1. The van der Waals surface area contributed by atoms with Crippen LogP contribution in [0, 0.1) is 0 Å². The molecule has 0 bridgehead atoms. The molecule has 0 atom stereocenters. The van der Waals surface area contributed by atoms with Crippen molar-refractivity contribution in [3.8, 4) is 0 Å². The Morgan fingerprint density at radius 3 is 2.83 bits per heavy atom. The van der Waals surface area contributed by atoms with E-state index in [4.69, 9.17) is 16.7 Å². The number of aromatic nitrogens is 2. The van der Waals surface area contributed by atoms with E-state index in [1.165, 1.54) is 11.8 Å². The van der Waals surface area contributed by atoms with Gasteiger partial charge >= 0.3 is 0 Å². The van der Waals surface area contributed by atoms with Crippen molar-refractivity contribution >= 4 is 40.3 Å². The predicted molar refractivity (Wildman–Crippen MR) is 91.1 cm³/mol. The Hall–Kier alpha value is -2.02. The van der Waals surface area contributed by atoms with Gasteiger partial charge in [0.1, 0.15) is 11.3 Å². The lowest BCUT2D eigenvalue weighted by atomic mass is 10.3. The molecule has 2 heterocycles. The lowest BCUT2D eigenvalue weighted by Crippen LogP contribution is -2.27. The molecule has 0 radical (unpaired) electrons. The number of aliphatic hydroxyl groups is 1. The third-order valence-electron chi connectivity index (χ3n) is 3.18. The van der Waals surface area contributed by atoms with Crippen LogP contribution in [0.5, 0.6) is 0 Å². The van der Waals surface area contributed by atoms with Crippen molar-refractivity contribution in [1.82, 2.24) is 15.3 Å². The van der Waals surface area contributed by atoms with E-state index < -0.39 is 0 Å². The Morgan fingerprint density at radius 1 is 1.30 bits per heavy atom. The molecule has 0 aliphatic rings. The maximum atomic E-state index is 12.3. The molecule has 3 rings (SSSR count). The maximum absolute atomic E-state index is 12.3. The van der Waals surface area contributed by atoms with Gasteiger partial charge in [0.2, 0.25) is 0 Å². The Morgan fingerprint density at radius 2 is 2.09 bits per heavy atom. The predicted octanol–water partition coefficient (Wildman–Crippen LogP) is 3.09. The first-order chi connectivity index (χ1) is 11.2. The van der Waals surface area contributed by atoms with E-state index in [0.29, 0.717) is 16.4 Å². The Balaban J connectivity index is 2.01. The molecule has 23 heavy (non-hydrogen) atoms. The van der Waals surface area contributed by atoms with Crippen LogP contribution in [-0.4, -0.2) is 34.1 Å². The summed E-state index contributed by atoms with van der Waals surface area (Å²) in [6, 6.07) is 11.2. The second-order valence-electron chi connectivity index (χ2n) is 4.76. The van der Waals surface area contributed by atoms with Crippen molar-refractivity contribution in [3.05, 3.63) is 53.3 Å². The maximum Gasteiger partial charge on any atom is 0.269 e. The van der Waals surface area contributed by atoms with Gasteiger partial charge in [-0.2, -0.15) is 0 Å². The number of benzene rings is 1. The zero-order chi connectivity index (χ0) is 16.2. The number of amides is 1. The summed E-state index contributed by atoms with van der Waals surface area (Å²) in [4.78, 5) is 21.4. The fourth-order valence-corrected chi connectivity index (χ4v) is 3.30.